The number of nitrogens with one attached hydrogen (secondary N) is 1. The molecule has 0 saturated carbocycles. The van der Waals surface area contributed by atoms with Crippen molar-refractivity contribution in [2.45, 2.75) is 52.1 Å². The molecule has 1 aromatic heterocycles. The minimum atomic E-state index is 0.527. The van der Waals surface area contributed by atoms with Gasteiger partial charge in [0.25, 0.3) is 0 Å². The van der Waals surface area contributed by atoms with Crippen molar-refractivity contribution in [1.29, 1.82) is 0 Å². The van der Waals surface area contributed by atoms with Gasteiger partial charge in [-0.2, -0.15) is 0 Å². The summed E-state index contributed by atoms with van der Waals surface area (Å²) in [7, 11) is 0. The predicted octanol–water partition coefficient (Wildman–Crippen LogP) is 6.74. The molecule has 3 aromatic rings. The van der Waals surface area contributed by atoms with Crippen LogP contribution in [0.1, 0.15) is 51.0 Å². The lowest BCUT2D eigenvalue weighted by Gasteiger charge is -2.10. The third-order valence-corrected chi connectivity index (χ3v) is 5.30. The molecule has 0 aliphatic rings. The van der Waals surface area contributed by atoms with E-state index in [4.69, 9.17) is 4.74 Å². The van der Waals surface area contributed by atoms with Gasteiger partial charge in [-0.05, 0) is 34.0 Å². The van der Waals surface area contributed by atoms with E-state index in [2.05, 4.69) is 50.3 Å². The number of halogens is 1. The first-order valence-electron chi connectivity index (χ1n) is 10.1. The number of rotatable bonds is 11. The van der Waals surface area contributed by atoms with Crippen molar-refractivity contribution < 1.29 is 4.74 Å². The molecule has 0 bridgehead atoms. The Balaban J connectivity index is 1.58. The standard InChI is InChI=1S/C23H28BrN3O/c1-2-3-4-5-6-10-13-25-23-26-16-19-14-20(24)22(15-21(19)27-23)28-17-18-11-8-7-9-12-18/h7-9,11-12,14-16H,2-6,10,13,17H2,1H3,(H,25,26,27). The van der Waals surface area contributed by atoms with Crippen LogP contribution < -0.4 is 10.1 Å². The smallest absolute Gasteiger partial charge is 0.223 e. The highest BCUT2D eigenvalue weighted by Gasteiger charge is 2.07. The van der Waals surface area contributed by atoms with Crippen molar-refractivity contribution >= 4 is 32.8 Å². The Morgan fingerprint density at radius 1 is 1.00 bits per heavy atom. The van der Waals surface area contributed by atoms with E-state index >= 15 is 0 Å². The molecule has 0 saturated heterocycles. The van der Waals surface area contributed by atoms with Gasteiger partial charge in [-0.25, -0.2) is 9.97 Å². The van der Waals surface area contributed by atoms with Crippen molar-refractivity contribution in [1.82, 2.24) is 9.97 Å². The molecule has 0 fully saturated rings. The molecule has 1 N–H and O–H groups in total. The maximum absolute atomic E-state index is 5.99. The second kappa shape index (κ2) is 11.0. The van der Waals surface area contributed by atoms with E-state index in [0.717, 1.165) is 39.7 Å². The summed E-state index contributed by atoms with van der Waals surface area (Å²) in [6.45, 7) is 3.68. The largest absolute Gasteiger partial charge is 0.488 e. The summed E-state index contributed by atoms with van der Waals surface area (Å²) in [4.78, 5) is 9.09. The van der Waals surface area contributed by atoms with Gasteiger partial charge in [0.1, 0.15) is 12.4 Å². The number of hydrogen-bond acceptors (Lipinski definition) is 4. The van der Waals surface area contributed by atoms with Crippen molar-refractivity contribution in [2.75, 3.05) is 11.9 Å². The van der Waals surface area contributed by atoms with Crippen molar-refractivity contribution in [2.24, 2.45) is 0 Å². The number of aromatic nitrogens is 2. The van der Waals surface area contributed by atoms with Crippen LogP contribution >= 0.6 is 15.9 Å². The van der Waals surface area contributed by atoms with Gasteiger partial charge in [-0.15, -0.1) is 0 Å². The molecular formula is C23H28BrN3O. The lowest BCUT2D eigenvalue weighted by Crippen LogP contribution is -2.05. The first-order valence-corrected chi connectivity index (χ1v) is 10.9. The molecule has 5 heteroatoms. The van der Waals surface area contributed by atoms with Gasteiger partial charge in [0, 0.05) is 24.2 Å². The van der Waals surface area contributed by atoms with E-state index in [0.29, 0.717) is 12.6 Å². The number of fused-ring (bicyclic) bond motifs is 1. The average molecular weight is 442 g/mol. The predicted molar refractivity (Wildman–Crippen MR) is 120 cm³/mol. The quantitative estimate of drug-likeness (QED) is 0.334. The number of ether oxygens (including phenoxy) is 1. The number of anilines is 1. The Bertz CT molecular complexity index is 870. The fourth-order valence-corrected chi connectivity index (χ4v) is 3.54. The van der Waals surface area contributed by atoms with Gasteiger partial charge in [0.2, 0.25) is 5.95 Å². The maximum atomic E-state index is 5.99. The van der Waals surface area contributed by atoms with Crippen molar-refractivity contribution in [3.8, 4) is 5.75 Å². The van der Waals surface area contributed by atoms with E-state index in [9.17, 15) is 0 Å². The van der Waals surface area contributed by atoms with Crippen LogP contribution in [-0.4, -0.2) is 16.5 Å². The minimum absolute atomic E-state index is 0.527. The minimum Gasteiger partial charge on any atom is -0.488 e. The Labute approximate surface area is 175 Å². The molecule has 4 nitrogen and oxygen atoms in total. The van der Waals surface area contributed by atoms with Gasteiger partial charge in [0.15, 0.2) is 0 Å². The highest BCUT2D eigenvalue weighted by molar-refractivity contribution is 9.10. The summed E-state index contributed by atoms with van der Waals surface area (Å²) < 4.78 is 6.90. The molecule has 0 aliphatic heterocycles. The monoisotopic (exact) mass is 441 g/mol. The van der Waals surface area contributed by atoms with E-state index < -0.39 is 0 Å². The molecule has 0 radical (unpaired) electrons. The lowest BCUT2D eigenvalue weighted by molar-refractivity contribution is 0.304. The Morgan fingerprint density at radius 3 is 2.61 bits per heavy atom. The second-order valence-corrected chi connectivity index (χ2v) is 7.86. The zero-order chi connectivity index (χ0) is 19.6. The highest BCUT2D eigenvalue weighted by atomic mass is 79.9. The highest BCUT2D eigenvalue weighted by Crippen LogP contribution is 2.30. The van der Waals surface area contributed by atoms with E-state index in [1.807, 2.05) is 36.5 Å². The normalized spacial score (nSPS) is 10.9. The summed E-state index contributed by atoms with van der Waals surface area (Å²) >= 11 is 3.59. The SMILES string of the molecule is CCCCCCCCNc1ncc2cc(Br)c(OCc3ccccc3)cc2n1. The molecular weight excluding hydrogens is 414 g/mol. The zero-order valence-electron chi connectivity index (χ0n) is 16.5. The number of benzene rings is 2. The van der Waals surface area contributed by atoms with Crippen LogP contribution in [0.2, 0.25) is 0 Å². The fourth-order valence-electron chi connectivity index (χ4n) is 3.07. The first kappa shape index (κ1) is 20.6. The van der Waals surface area contributed by atoms with Crippen LogP contribution in [0.15, 0.2) is 53.1 Å². The van der Waals surface area contributed by atoms with Gasteiger partial charge in [-0.3, -0.25) is 0 Å². The number of hydrogen-bond donors (Lipinski definition) is 1. The summed E-state index contributed by atoms with van der Waals surface area (Å²) in [6.07, 6.45) is 9.54. The van der Waals surface area contributed by atoms with Crippen LogP contribution in [0.4, 0.5) is 5.95 Å². The van der Waals surface area contributed by atoms with Crippen molar-refractivity contribution in [3.63, 3.8) is 0 Å². The van der Waals surface area contributed by atoms with Crippen LogP contribution in [0.5, 0.6) is 5.75 Å². The third-order valence-electron chi connectivity index (χ3n) is 4.68. The van der Waals surface area contributed by atoms with Gasteiger partial charge < -0.3 is 10.1 Å². The summed E-state index contributed by atoms with van der Waals surface area (Å²) in [6, 6.07) is 14.1. The molecule has 0 unspecified atom stereocenters. The van der Waals surface area contributed by atoms with E-state index in [-0.39, 0.29) is 0 Å². The van der Waals surface area contributed by atoms with Gasteiger partial charge in [-0.1, -0.05) is 69.4 Å². The fraction of sp³-hybridized carbons (Fsp3) is 0.391. The maximum Gasteiger partial charge on any atom is 0.223 e. The molecule has 0 amide bonds. The van der Waals surface area contributed by atoms with Gasteiger partial charge >= 0.3 is 0 Å². The number of unbranched alkanes of at least 4 members (excludes halogenated alkanes) is 5. The van der Waals surface area contributed by atoms with Crippen molar-refractivity contribution in [3.05, 3.63) is 58.7 Å². The number of nitrogens with zero attached hydrogens (tertiary/aromatic N) is 2. The zero-order valence-corrected chi connectivity index (χ0v) is 18.0. The third kappa shape index (κ3) is 6.20. The summed E-state index contributed by atoms with van der Waals surface area (Å²) in [5, 5.41) is 4.33. The Morgan fingerprint density at radius 2 is 1.79 bits per heavy atom. The summed E-state index contributed by atoms with van der Waals surface area (Å²) in [5.41, 5.74) is 2.02. The van der Waals surface area contributed by atoms with Crippen LogP contribution in [-0.2, 0) is 6.61 Å². The molecule has 0 atom stereocenters. The van der Waals surface area contributed by atoms with E-state index in [1.165, 1.54) is 32.1 Å². The summed E-state index contributed by atoms with van der Waals surface area (Å²) in [5.74, 6) is 1.47. The van der Waals surface area contributed by atoms with Crippen LogP contribution in [0.25, 0.3) is 10.9 Å². The Hall–Kier alpha value is -2.14. The average Bonchev–Trinajstić information content (AvgIpc) is 2.72. The molecule has 1 heterocycles. The second-order valence-electron chi connectivity index (χ2n) is 7.00. The lowest BCUT2D eigenvalue weighted by atomic mass is 10.1. The molecule has 2 aromatic carbocycles. The molecule has 3 rings (SSSR count). The Kier molecular flexibility index (Phi) is 8.09. The molecule has 28 heavy (non-hydrogen) atoms. The molecule has 148 valence electrons. The molecule has 0 aliphatic carbocycles. The van der Waals surface area contributed by atoms with Crippen LogP contribution in [0, 0.1) is 0 Å². The van der Waals surface area contributed by atoms with E-state index in [1.54, 1.807) is 0 Å². The first-order chi connectivity index (χ1) is 13.8. The van der Waals surface area contributed by atoms with Crippen LogP contribution in [0.3, 0.4) is 0 Å². The topological polar surface area (TPSA) is 47.0 Å². The van der Waals surface area contributed by atoms with Gasteiger partial charge in [0.05, 0.1) is 9.99 Å². The molecule has 0 spiro atoms.